The third kappa shape index (κ3) is 4.05. The van der Waals surface area contributed by atoms with E-state index in [2.05, 4.69) is 16.3 Å². The average molecular weight is 356 g/mol. The van der Waals surface area contributed by atoms with Gasteiger partial charge in [-0.2, -0.15) is 0 Å². The van der Waals surface area contributed by atoms with Gasteiger partial charge in [-0.1, -0.05) is 18.2 Å². The maximum absolute atomic E-state index is 12.8. The lowest BCUT2D eigenvalue weighted by Crippen LogP contribution is -2.49. The van der Waals surface area contributed by atoms with Gasteiger partial charge in [-0.3, -0.25) is 9.69 Å². The van der Waals surface area contributed by atoms with Crippen molar-refractivity contribution < 1.29 is 9.53 Å². The highest BCUT2D eigenvalue weighted by atomic mass is 32.1. The van der Waals surface area contributed by atoms with Crippen LogP contribution in [0.5, 0.6) is 5.75 Å². The first kappa shape index (κ1) is 16.6. The van der Waals surface area contributed by atoms with Crippen molar-refractivity contribution in [3.8, 4) is 5.75 Å². The minimum absolute atomic E-state index is 0.233. The Morgan fingerprint density at radius 1 is 1.08 bits per heavy atom. The summed E-state index contributed by atoms with van der Waals surface area (Å²) < 4.78 is 5.77. The Morgan fingerprint density at radius 3 is 2.56 bits per heavy atom. The number of hydrogen-bond donors (Lipinski definition) is 0. The minimum Gasteiger partial charge on any atom is -0.492 e. The lowest BCUT2D eigenvalue weighted by Gasteiger charge is -2.34. The molecule has 4 nitrogen and oxygen atoms in total. The summed E-state index contributed by atoms with van der Waals surface area (Å²) in [4.78, 5) is 18.2. The fourth-order valence-electron chi connectivity index (χ4n) is 3.34. The molecular formula is C20H24N2O2S. The number of hydrogen-bond acceptors (Lipinski definition) is 4. The molecule has 25 heavy (non-hydrogen) atoms. The lowest BCUT2D eigenvalue weighted by atomic mass is 10.1. The van der Waals surface area contributed by atoms with E-state index in [-0.39, 0.29) is 5.91 Å². The number of carbonyl (C=O) groups excluding carboxylic acids is 1. The van der Waals surface area contributed by atoms with Gasteiger partial charge in [-0.15, -0.1) is 11.3 Å². The van der Waals surface area contributed by atoms with Crippen molar-refractivity contribution >= 4 is 17.2 Å². The van der Waals surface area contributed by atoms with Crippen LogP contribution in [-0.4, -0.2) is 55.0 Å². The van der Waals surface area contributed by atoms with E-state index < -0.39 is 0 Å². The van der Waals surface area contributed by atoms with E-state index in [4.69, 9.17) is 4.74 Å². The average Bonchev–Trinajstić information content (AvgIpc) is 3.39. The SMILES string of the molecule is O=C(c1sccc1C1CC1)N1CCN(CCOc2ccccc2)CC1. The second-order valence-corrected chi connectivity index (χ2v) is 7.69. The van der Waals surface area contributed by atoms with Crippen LogP contribution in [0.3, 0.4) is 0 Å². The predicted molar refractivity (Wildman–Crippen MR) is 101 cm³/mol. The van der Waals surface area contributed by atoms with Crippen LogP contribution >= 0.6 is 11.3 Å². The zero-order valence-electron chi connectivity index (χ0n) is 14.4. The Morgan fingerprint density at radius 2 is 1.84 bits per heavy atom. The lowest BCUT2D eigenvalue weighted by molar-refractivity contribution is 0.0624. The van der Waals surface area contributed by atoms with Crippen molar-refractivity contribution in [3.05, 3.63) is 52.2 Å². The molecule has 5 heteroatoms. The molecule has 1 saturated carbocycles. The van der Waals surface area contributed by atoms with Crippen LogP contribution in [0.2, 0.25) is 0 Å². The Hall–Kier alpha value is -1.85. The summed E-state index contributed by atoms with van der Waals surface area (Å²) in [7, 11) is 0. The number of amides is 1. The van der Waals surface area contributed by atoms with E-state index in [9.17, 15) is 4.79 Å². The first-order valence-electron chi connectivity index (χ1n) is 9.08. The molecule has 2 aromatic rings. The van der Waals surface area contributed by atoms with E-state index >= 15 is 0 Å². The Kier molecular flexibility index (Phi) is 5.04. The standard InChI is InChI=1S/C20H24N2O2S/c23-20(19-18(8-15-25-19)16-6-7-16)22-11-9-21(10-12-22)13-14-24-17-4-2-1-3-5-17/h1-5,8,15-16H,6-7,9-14H2. The number of piperazine rings is 1. The molecule has 132 valence electrons. The first-order valence-corrected chi connectivity index (χ1v) is 9.96. The minimum atomic E-state index is 0.233. The molecule has 0 radical (unpaired) electrons. The van der Waals surface area contributed by atoms with E-state index in [1.54, 1.807) is 11.3 Å². The number of carbonyl (C=O) groups is 1. The van der Waals surface area contributed by atoms with Crippen LogP contribution < -0.4 is 4.74 Å². The number of nitrogens with zero attached hydrogens (tertiary/aromatic N) is 2. The van der Waals surface area contributed by atoms with Crippen LogP contribution in [0, 0.1) is 0 Å². The van der Waals surface area contributed by atoms with Gasteiger partial charge in [-0.25, -0.2) is 0 Å². The van der Waals surface area contributed by atoms with Gasteiger partial charge < -0.3 is 9.64 Å². The molecule has 1 amide bonds. The summed E-state index contributed by atoms with van der Waals surface area (Å²) in [6, 6.07) is 12.1. The van der Waals surface area contributed by atoms with Crippen LogP contribution in [0.15, 0.2) is 41.8 Å². The number of rotatable bonds is 6. The maximum atomic E-state index is 12.8. The Bertz CT molecular complexity index is 703. The predicted octanol–water partition coefficient (Wildman–Crippen LogP) is 3.46. The zero-order valence-corrected chi connectivity index (χ0v) is 15.2. The Labute approximate surface area is 153 Å². The van der Waals surface area contributed by atoms with Crippen molar-refractivity contribution in [2.75, 3.05) is 39.3 Å². The van der Waals surface area contributed by atoms with Crippen LogP contribution in [0.1, 0.15) is 34.0 Å². The molecule has 2 aliphatic rings. The molecule has 2 heterocycles. The van der Waals surface area contributed by atoms with Gasteiger partial charge in [0.1, 0.15) is 12.4 Å². The fourth-order valence-corrected chi connectivity index (χ4v) is 4.29. The molecule has 1 aromatic heterocycles. The largest absolute Gasteiger partial charge is 0.492 e. The van der Waals surface area contributed by atoms with E-state index in [0.717, 1.165) is 43.4 Å². The monoisotopic (exact) mass is 356 g/mol. The summed E-state index contributed by atoms with van der Waals surface area (Å²) in [5, 5.41) is 2.07. The van der Waals surface area contributed by atoms with Crippen molar-refractivity contribution in [1.29, 1.82) is 0 Å². The maximum Gasteiger partial charge on any atom is 0.264 e. The Balaban J connectivity index is 1.24. The van der Waals surface area contributed by atoms with Gasteiger partial charge in [-0.05, 0) is 47.9 Å². The highest BCUT2D eigenvalue weighted by Crippen LogP contribution is 2.43. The van der Waals surface area contributed by atoms with Crippen molar-refractivity contribution in [2.45, 2.75) is 18.8 Å². The molecule has 1 aliphatic carbocycles. The molecule has 0 unspecified atom stereocenters. The summed E-state index contributed by atoms with van der Waals surface area (Å²) in [6.45, 7) is 5.07. The number of para-hydroxylation sites is 1. The fraction of sp³-hybridized carbons (Fsp3) is 0.450. The second-order valence-electron chi connectivity index (χ2n) is 6.77. The molecular weight excluding hydrogens is 332 g/mol. The van der Waals surface area contributed by atoms with Crippen molar-refractivity contribution in [3.63, 3.8) is 0 Å². The molecule has 1 aromatic carbocycles. The van der Waals surface area contributed by atoms with Gasteiger partial charge in [0.05, 0.1) is 4.88 Å². The van der Waals surface area contributed by atoms with E-state index in [1.165, 1.54) is 18.4 Å². The van der Waals surface area contributed by atoms with Crippen LogP contribution in [0.25, 0.3) is 0 Å². The third-order valence-corrected chi connectivity index (χ3v) is 5.90. The zero-order chi connectivity index (χ0) is 17.1. The van der Waals surface area contributed by atoms with E-state index in [1.807, 2.05) is 35.2 Å². The molecule has 0 N–H and O–H groups in total. The third-order valence-electron chi connectivity index (χ3n) is 4.99. The number of benzene rings is 1. The summed E-state index contributed by atoms with van der Waals surface area (Å²) >= 11 is 1.61. The first-order chi connectivity index (χ1) is 12.3. The molecule has 0 bridgehead atoms. The second kappa shape index (κ2) is 7.58. The molecule has 0 atom stereocenters. The number of thiophene rings is 1. The smallest absolute Gasteiger partial charge is 0.264 e. The van der Waals surface area contributed by atoms with Gasteiger partial charge >= 0.3 is 0 Å². The topological polar surface area (TPSA) is 32.8 Å². The summed E-state index contributed by atoms with van der Waals surface area (Å²) in [5.41, 5.74) is 1.29. The van der Waals surface area contributed by atoms with Crippen molar-refractivity contribution in [1.82, 2.24) is 9.80 Å². The normalized spacial score (nSPS) is 18.3. The van der Waals surface area contributed by atoms with E-state index in [0.29, 0.717) is 12.5 Å². The van der Waals surface area contributed by atoms with Crippen molar-refractivity contribution in [2.24, 2.45) is 0 Å². The molecule has 0 spiro atoms. The van der Waals surface area contributed by atoms with Gasteiger partial charge in [0.2, 0.25) is 0 Å². The highest BCUT2D eigenvalue weighted by Gasteiger charge is 2.31. The molecule has 1 aliphatic heterocycles. The highest BCUT2D eigenvalue weighted by molar-refractivity contribution is 7.12. The molecule has 2 fully saturated rings. The summed E-state index contributed by atoms with van der Waals surface area (Å²) in [5.74, 6) is 1.79. The van der Waals surface area contributed by atoms with Crippen LogP contribution in [0.4, 0.5) is 0 Å². The quantitative estimate of drug-likeness (QED) is 0.795. The summed E-state index contributed by atoms with van der Waals surface area (Å²) in [6.07, 6.45) is 2.48. The van der Waals surface area contributed by atoms with Gasteiger partial charge in [0, 0.05) is 32.7 Å². The number of ether oxygens (including phenoxy) is 1. The van der Waals surface area contributed by atoms with Gasteiger partial charge in [0.25, 0.3) is 5.91 Å². The molecule has 1 saturated heterocycles. The molecule has 4 rings (SSSR count). The van der Waals surface area contributed by atoms with Crippen LogP contribution in [-0.2, 0) is 0 Å². The van der Waals surface area contributed by atoms with Gasteiger partial charge in [0.15, 0.2) is 0 Å².